The van der Waals surface area contributed by atoms with Crippen molar-refractivity contribution in [3.8, 4) is 5.75 Å². The molecule has 0 aromatic heterocycles. The molecule has 2 aromatic rings. The molecule has 3 aliphatic rings. The normalized spacial score (nSPS) is 25.9. The van der Waals surface area contributed by atoms with E-state index in [-0.39, 0.29) is 23.5 Å². The van der Waals surface area contributed by atoms with Crippen LogP contribution < -0.4 is 10.1 Å². The summed E-state index contributed by atoms with van der Waals surface area (Å²) in [6.45, 7) is 1.89. The minimum atomic E-state index is -0.730. The van der Waals surface area contributed by atoms with Crippen LogP contribution in [-0.2, 0) is 20.7 Å². The molecule has 6 nitrogen and oxygen atoms in total. The topological polar surface area (TPSA) is 67.9 Å². The van der Waals surface area contributed by atoms with Crippen molar-refractivity contribution in [1.82, 2.24) is 10.2 Å². The van der Waals surface area contributed by atoms with Crippen molar-refractivity contribution in [1.29, 1.82) is 0 Å². The molecule has 3 aliphatic heterocycles. The van der Waals surface area contributed by atoms with E-state index >= 15 is 0 Å². The number of para-hydroxylation sites is 1. The summed E-state index contributed by atoms with van der Waals surface area (Å²) in [4.78, 5) is 29.1. The summed E-state index contributed by atoms with van der Waals surface area (Å²) >= 11 is 0. The molecule has 3 heterocycles. The molecule has 2 atom stereocenters. The molecule has 0 unspecified atom stereocenters. The Bertz CT molecular complexity index is 1120. The van der Waals surface area contributed by atoms with Gasteiger partial charge in [-0.05, 0) is 49.8 Å². The van der Waals surface area contributed by atoms with Crippen LogP contribution in [-0.4, -0.2) is 55.7 Å². The zero-order chi connectivity index (χ0) is 25.2. The van der Waals surface area contributed by atoms with Crippen LogP contribution in [0.2, 0.25) is 0 Å². The van der Waals surface area contributed by atoms with Crippen molar-refractivity contribution >= 4 is 11.8 Å². The molecule has 3 fully saturated rings. The molecule has 7 heteroatoms. The lowest BCUT2D eigenvalue weighted by atomic mass is 9.74. The largest absolute Gasteiger partial charge is 0.496 e. The number of halogens is 1. The fourth-order valence-corrected chi connectivity index (χ4v) is 6.49. The second-order valence-corrected chi connectivity index (χ2v) is 10.6. The number of benzene rings is 2. The van der Waals surface area contributed by atoms with E-state index in [2.05, 4.69) is 5.32 Å². The van der Waals surface area contributed by atoms with Gasteiger partial charge in [-0.15, -0.1) is 0 Å². The number of ether oxygens (including phenoxy) is 2. The van der Waals surface area contributed by atoms with Gasteiger partial charge in [-0.2, -0.15) is 0 Å². The zero-order valence-electron chi connectivity index (χ0n) is 20.9. The lowest BCUT2D eigenvalue weighted by Crippen LogP contribution is -2.54. The Balaban J connectivity index is 1.51. The predicted octanol–water partition coefficient (Wildman–Crippen LogP) is 4.23. The summed E-state index contributed by atoms with van der Waals surface area (Å²) in [5, 5.41) is 3.34. The number of nitrogens with one attached hydrogen (secondary N) is 1. The Hall–Kier alpha value is -2.93. The van der Waals surface area contributed by atoms with Gasteiger partial charge in [0.1, 0.15) is 11.6 Å². The Morgan fingerprint density at radius 1 is 1.11 bits per heavy atom. The molecule has 5 rings (SSSR count). The van der Waals surface area contributed by atoms with E-state index in [9.17, 15) is 14.0 Å². The van der Waals surface area contributed by atoms with Crippen LogP contribution in [0.4, 0.5) is 4.39 Å². The summed E-state index contributed by atoms with van der Waals surface area (Å²) in [5.41, 5.74) is 0.284. The zero-order valence-corrected chi connectivity index (χ0v) is 20.9. The van der Waals surface area contributed by atoms with Gasteiger partial charge < -0.3 is 19.7 Å². The highest BCUT2D eigenvalue weighted by molar-refractivity contribution is 5.84. The van der Waals surface area contributed by atoms with E-state index in [1.807, 2.05) is 35.2 Å². The summed E-state index contributed by atoms with van der Waals surface area (Å²) in [6, 6.07) is 14.6. The lowest BCUT2D eigenvalue weighted by Gasteiger charge is -2.39. The number of hydrogen-bond donors (Lipinski definition) is 1. The van der Waals surface area contributed by atoms with Gasteiger partial charge in [0.25, 0.3) is 0 Å². The first-order valence-corrected chi connectivity index (χ1v) is 13.0. The molecular weight excluding hydrogens is 459 g/mol. The standard InChI is InChI=1S/C29H35FN2O4/c1-35-25-11-5-3-9-22(25)23-19-32(20-29(23)13-7-6-12-26(33)31-29)27(34)28(14-16-36-17-15-28)18-21-8-2-4-10-24(21)30/h2-5,8-11,23H,6-7,12-20H2,1H3,(H,31,33)/t23-,29+/m0/s1. The summed E-state index contributed by atoms with van der Waals surface area (Å²) in [6.07, 6.45) is 4.51. The molecule has 36 heavy (non-hydrogen) atoms. The minimum Gasteiger partial charge on any atom is -0.496 e. The molecule has 0 radical (unpaired) electrons. The van der Waals surface area contributed by atoms with Crippen molar-refractivity contribution in [3.05, 3.63) is 65.5 Å². The van der Waals surface area contributed by atoms with Crippen molar-refractivity contribution in [3.63, 3.8) is 0 Å². The molecule has 0 aliphatic carbocycles. The number of amides is 2. The van der Waals surface area contributed by atoms with Crippen molar-refractivity contribution in [2.75, 3.05) is 33.4 Å². The number of rotatable bonds is 5. The molecule has 0 bridgehead atoms. The van der Waals surface area contributed by atoms with Gasteiger partial charge >= 0.3 is 0 Å². The molecule has 2 amide bonds. The van der Waals surface area contributed by atoms with Gasteiger partial charge in [-0.1, -0.05) is 42.8 Å². The Kier molecular flexibility index (Phi) is 7.02. The number of carbonyl (C=O) groups excluding carboxylic acids is 2. The van der Waals surface area contributed by atoms with Crippen LogP contribution in [0.25, 0.3) is 0 Å². The van der Waals surface area contributed by atoms with Gasteiger partial charge in [-0.25, -0.2) is 4.39 Å². The first-order valence-electron chi connectivity index (χ1n) is 13.0. The quantitative estimate of drug-likeness (QED) is 0.676. The van der Waals surface area contributed by atoms with Gasteiger partial charge in [0.2, 0.25) is 11.8 Å². The smallest absolute Gasteiger partial charge is 0.229 e. The molecule has 2 aromatic carbocycles. The second kappa shape index (κ2) is 10.2. The maximum Gasteiger partial charge on any atom is 0.229 e. The van der Waals surface area contributed by atoms with Crippen LogP contribution in [0.5, 0.6) is 5.75 Å². The number of hydrogen-bond acceptors (Lipinski definition) is 4. The predicted molar refractivity (Wildman–Crippen MR) is 134 cm³/mol. The van der Waals surface area contributed by atoms with E-state index in [0.717, 1.165) is 30.6 Å². The summed E-state index contributed by atoms with van der Waals surface area (Å²) in [5.74, 6) is 0.460. The highest BCUT2D eigenvalue weighted by atomic mass is 19.1. The first kappa shape index (κ1) is 24.8. The summed E-state index contributed by atoms with van der Waals surface area (Å²) in [7, 11) is 1.65. The number of likely N-dealkylation sites (tertiary alicyclic amines) is 1. The fraction of sp³-hybridized carbons (Fsp3) is 0.517. The van der Waals surface area contributed by atoms with E-state index in [1.54, 1.807) is 19.2 Å². The van der Waals surface area contributed by atoms with Crippen LogP contribution in [0, 0.1) is 11.2 Å². The average Bonchev–Trinajstić information content (AvgIpc) is 3.15. The third-order valence-corrected chi connectivity index (χ3v) is 8.40. The van der Waals surface area contributed by atoms with Crippen molar-refractivity contribution in [2.24, 2.45) is 5.41 Å². The SMILES string of the molecule is COc1ccccc1[C@@H]1CN(C(=O)C2(Cc3ccccc3F)CCOCC2)C[C@]12CCCCC(=O)N2. The lowest BCUT2D eigenvalue weighted by molar-refractivity contribution is -0.147. The van der Waals surface area contributed by atoms with Crippen LogP contribution in [0.1, 0.15) is 55.6 Å². The molecule has 192 valence electrons. The third kappa shape index (κ3) is 4.61. The monoisotopic (exact) mass is 494 g/mol. The van der Waals surface area contributed by atoms with Gasteiger partial charge in [0.05, 0.1) is 18.1 Å². The average molecular weight is 495 g/mol. The number of methoxy groups -OCH3 is 1. The van der Waals surface area contributed by atoms with E-state index in [4.69, 9.17) is 9.47 Å². The second-order valence-electron chi connectivity index (χ2n) is 10.6. The van der Waals surface area contributed by atoms with E-state index < -0.39 is 11.0 Å². The molecular formula is C29H35FN2O4. The molecule has 3 saturated heterocycles. The number of carbonyl (C=O) groups is 2. The Morgan fingerprint density at radius 3 is 2.64 bits per heavy atom. The molecule has 1 N–H and O–H groups in total. The third-order valence-electron chi connectivity index (χ3n) is 8.40. The van der Waals surface area contributed by atoms with Gasteiger partial charge in [-0.3, -0.25) is 9.59 Å². The molecule has 1 spiro atoms. The summed E-state index contributed by atoms with van der Waals surface area (Å²) < 4.78 is 26.0. The van der Waals surface area contributed by atoms with Crippen LogP contribution in [0.3, 0.4) is 0 Å². The fourth-order valence-electron chi connectivity index (χ4n) is 6.49. The van der Waals surface area contributed by atoms with Crippen molar-refractivity contribution < 1.29 is 23.5 Å². The Labute approximate surface area is 212 Å². The van der Waals surface area contributed by atoms with Crippen LogP contribution in [0.15, 0.2) is 48.5 Å². The maximum absolute atomic E-state index is 14.7. The highest BCUT2D eigenvalue weighted by Crippen LogP contribution is 2.46. The Morgan fingerprint density at radius 2 is 1.86 bits per heavy atom. The van der Waals surface area contributed by atoms with Crippen LogP contribution >= 0.6 is 0 Å². The maximum atomic E-state index is 14.7. The van der Waals surface area contributed by atoms with Gasteiger partial charge in [0.15, 0.2) is 0 Å². The minimum absolute atomic E-state index is 0.0318. The van der Waals surface area contributed by atoms with E-state index in [0.29, 0.717) is 57.6 Å². The first-order chi connectivity index (χ1) is 17.5. The number of nitrogens with zero attached hydrogens (tertiary/aromatic N) is 1. The highest BCUT2D eigenvalue weighted by Gasteiger charge is 2.54. The van der Waals surface area contributed by atoms with Gasteiger partial charge in [0, 0.05) is 44.2 Å². The van der Waals surface area contributed by atoms with Crippen molar-refractivity contribution in [2.45, 2.75) is 56.4 Å². The molecule has 0 saturated carbocycles. The van der Waals surface area contributed by atoms with E-state index in [1.165, 1.54) is 6.07 Å².